The number of carbonyl (C=O) groups is 1. The Kier molecular flexibility index (Phi) is 7.54. The molecular weight excluding hydrogens is 563 g/mol. The molecule has 0 unspecified atom stereocenters. The number of aromatic nitrogens is 2. The van der Waals surface area contributed by atoms with E-state index in [-0.39, 0.29) is 29.5 Å². The molecule has 12 heteroatoms. The van der Waals surface area contributed by atoms with Crippen LogP contribution < -0.4 is 14.8 Å². The second kappa shape index (κ2) is 10.8. The van der Waals surface area contributed by atoms with Crippen molar-refractivity contribution in [3.8, 4) is 17.2 Å². The van der Waals surface area contributed by atoms with Crippen LogP contribution in [0.25, 0.3) is 0 Å². The van der Waals surface area contributed by atoms with Gasteiger partial charge in [0.05, 0.1) is 21.7 Å². The molecule has 0 aliphatic rings. The fourth-order valence-electron chi connectivity index (χ4n) is 2.94. The lowest BCUT2D eigenvalue weighted by molar-refractivity contribution is -0.384. The molecule has 9 nitrogen and oxygen atoms in total. The number of nitrogens with one attached hydrogen (secondary N) is 1. The number of amides is 1. The molecule has 0 saturated carbocycles. The van der Waals surface area contributed by atoms with Gasteiger partial charge in [-0.3, -0.25) is 14.9 Å². The van der Waals surface area contributed by atoms with Gasteiger partial charge in [-0.1, -0.05) is 39.1 Å². The third-order valence-electron chi connectivity index (χ3n) is 4.53. The number of nitro groups is 1. The second-order valence-corrected chi connectivity index (χ2v) is 8.83. The van der Waals surface area contributed by atoms with Crippen LogP contribution in [0.3, 0.4) is 0 Å². The molecule has 0 spiro atoms. The van der Waals surface area contributed by atoms with E-state index >= 15 is 0 Å². The van der Waals surface area contributed by atoms with Gasteiger partial charge in [-0.2, -0.15) is 5.10 Å². The van der Waals surface area contributed by atoms with Crippen molar-refractivity contribution in [3.05, 3.63) is 103 Å². The maximum Gasteiger partial charge on any atom is 0.276 e. The first kappa shape index (κ1) is 24.5. The van der Waals surface area contributed by atoms with E-state index in [4.69, 9.17) is 32.7 Å². The summed E-state index contributed by atoms with van der Waals surface area (Å²) in [5.74, 6) is 0.489. The number of hydrogen-bond donors (Lipinski definition) is 1. The third-order valence-corrected chi connectivity index (χ3v) is 5.57. The molecule has 0 fully saturated rings. The zero-order valence-corrected chi connectivity index (χ0v) is 20.7. The standard InChI is InChI=1S/C23H15BrCl2N4O5/c24-14-1-6-22(20(26)9-14)34-13-29-8-7-21(28-29)23(31)27-16-10-17(30(32)33)12-19(11-16)35-18-4-2-15(25)3-5-18/h1-12H,13H2,(H,27,31). The van der Waals surface area contributed by atoms with E-state index in [0.29, 0.717) is 21.5 Å². The van der Waals surface area contributed by atoms with Crippen LogP contribution in [0.4, 0.5) is 11.4 Å². The van der Waals surface area contributed by atoms with Crippen molar-refractivity contribution in [1.82, 2.24) is 9.78 Å². The van der Waals surface area contributed by atoms with Gasteiger partial charge in [-0.05, 0) is 48.5 Å². The van der Waals surface area contributed by atoms with Gasteiger partial charge < -0.3 is 14.8 Å². The van der Waals surface area contributed by atoms with E-state index in [1.54, 1.807) is 48.7 Å². The quantitative estimate of drug-likeness (QED) is 0.179. The highest BCUT2D eigenvalue weighted by Crippen LogP contribution is 2.31. The zero-order chi connectivity index (χ0) is 24.9. The Morgan fingerprint density at radius 3 is 2.54 bits per heavy atom. The molecule has 1 amide bonds. The molecule has 1 aromatic heterocycles. The number of ether oxygens (including phenoxy) is 2. The minimum atomic E-state index is -0.580. The van der Waals surface area contributed by atoms with E-state index in [2.05, 4.69) is 26.3 Å². The predicted octanol–water partition coefficient (Wildman–Crippen LogP) is 6.94. The highest BCUT2D eigenvalue weighted by atomic mass is 79.9. The normalized spacial score (nSPS) is 10.6. The average molecular weight is 578 g/mol. The number of anilines is 1. The van der Waals surface area contributed by atoms with Crippen molar-refractivity contribution in [2.45, 2.75) is 6.73 Å². The Morgan fingerprint density at radius 2 is 1.83 bits per heavy atom. The van der Waals surface area contributed by atoms with Gasteiger partial charge in [0.15, 0.2) is 12.4 Å². The lowest BCUT2D eigenvalue weighted by Crippen LogP contribution is -2.14. The molecule has 4 rings (SSSR count). The lowest BCUT2D eigenvalue weighted by Gasteiger charge is -2.09. The summed E-state index contributed by atoms with van der Waals surface area (Å²) in [6.45, 7) is 0.0184. The van der Waals surface area contributed by atoms with Crippen LogP contribution in [0.5, 0.6) is 17.2 Å². The van der Waals surface area contributed by atoms with Gasteiger partial charge in [0, 0.05) is 27.8 Å². The van der Waals surface area contributed by atoms with E-state index in [1.807, 2.05) is 0 Å². The fourth-order valence-corrected chi connectivity index (χ4v) is 3.79. The molecule has 178 valence electrons. The summed E-state index contributed by atoms with van der Waals surface area (Å²) < 4.78 is 13.5. The van der Waals surface area contributed by atoms with Gasteiger partial charge in [0.1, 0.15) is 17.2 Å². The number of nitro benzene ring substituents is 1. The molecule has 4 aromatic rings. The smallest absolute Gasteiger partial charge is 0.276 e. The first-order valence-electron chi connectivity index (χ1n) is 9.92. The SMILES string of the molecule is O=C(Nc1cc(Oc2ccc(Cl)cc2)cc([N+](=O)[O-])c1)c1ccn(COc2ccc(Br)cc2Cl)n1. The Bertz CT molecular complexity index is 1400. The summed E-state index contributed by atoms with van der Waals surface area (Å²) in [5, 5.41) is 19.1. The van der Waals surface area contributed by atoms with Crippen molar-refractivity contribution in [2.24, 2.45) is 0 Å². The molecule has 1 heterocycles. The van der Waals surface area contributed by atoms with Crippen molar-refractivity contribution in [1.29, 1.82) is 0 Å². The third kappa shape index (κ3) is 6.50. The second-order valence-electron chi connectivity index (χ2n) is 7.07. The van der Waals surface area contributed by atoms with E-state index in [9.17, 15) is 14.9 Å². The molecule has 0 aliphatic heterocycles. The first-order chi connectivity index (χ1) is 16.8. The molecule has 0 aliphatic carbocycles. The van der Waals surface area contributed by atoms with Gasteiger partial charge >= 0.3 is 0 Å². The van der Waals surface area contributed by atoms with Crippen LogP contribution in [0.2, 0.25) is 10.0 Å². The molecule has 0 radical (unpaired) electrons. The summed E-state index contributed by atoms with van der Waals surface area (Å²) in [6.07, 6.45) is 1.56. The van der Waals surface area contributed by atoms with Crippen LogP contribution in [0, 0.1) is 10.1 Å². The predicted molar refractivity (Wildman–Crippen MR) is 135 cm³/mol. The van der Waals surface area contributed by atoms with Crippen molar-refractivity contribution in [2.75, 3.05) is 5.32 Å². The number of nitrogens with zero attached hydrogens (tertiary/aromatic N) is 3. The fraction of sp³-hybridized carbons (Fsp3) is 0.0435. The summed E-state index contributed by atoms with van der Waals surface area (Å²) in [7, 11) is 0. The average Bonchev–Trinajstić information content (AvgIpc) is 3.29. The summed E-state index contributed by atoms with van der Waals surface area (Å²) in [5.41, 5.74) is -0.000133. The number of benzene rings is 3. The Labute approximate surface area is 217 Å². The Balaban J connectivity index is 1.46. The Morgan fingerprint density at radius 1 is 1.06 bits per heavy atom. The minimum absolute atomic E-state index is 0.0184. The zero-order valence-electron chi connectivity index (χ0n) is 17.7. The summed E-state index contributed by atoms with van der Waals surface area (Å²) >= 11 is 15.3. The van der Waals surface area contributed by atoms with Gasteiger partial charge in [0.25, 0.3) is 11.6 Å². The molecule has 35 heavy (non-hydrogen) atoms. The number of non-ortho nitro benzene ring substituents is 1. The van der Waals surface area contributed by atoms with Crippen LogP contribution in [-0.2, 0) is 6.73 Å². The highest BCUT2D eigenvalue weighted by Gasteiger charge is 2.16. The van der Waals surface area contributed by atoms with Crippen molar-refractivity contribution in [3.63, 3.8) is 0 Å². The molecule has 0 atom stereocenters. The van der Waals surface area contributed by atoms with Gasteiger partial charge in [-0.25, -0.2) is 4.68 Å². The number of carbonyl (C=O) groups excluding carboxylic acids is 1. The maximum atomic E-state index is 12.7. The number of halogens is 3. The van der Waals surface area contributed by atoms with Crippen molar-refractivity contribution < 1.29 is 19.2 Å². The largest absolute Gasteiger partial charge is 0.470 e. The first-order valence-corrected chi connectivity index (χ1v) is 11.5. The van der Waals surface area contributed by atoms with Crippen LogP contribution in [0.15, 0.2) is 77.4 Å². The molecule has 0 saturated heterocycles. The van der Waals surface area contributed by atoms with Crippen molar-refractivity contribution >= 4 is 56.4 Å². The van der Waals surface area contributed by atoms with Crippen LogP contribution >= 0.6 is 39.1 Å². The molecule has 1 N–H and O–H groups in total. The number of rotatable bonds is 8. The van der Waals surface area contributed by atoms with E-state index in [0.717, 1.165) is 4.47 Å². The number of hydrogen-bond acceptors (Lipinski definition) is 6. The minimum Gasteiger partial charge on any atom is -0.470 e. The molecule has 3 aromatic carbocycles. The summed E-state index contributed by atoms with van der Waals surface area (Å²) in [6, 6.07) is 17.1. The van der Waals surface area contributed by atoms with E-state index < -0.39 is 10.8 Å². The maximum absolute atomic E-state index is 12.7. The Hall–Kier alpha value is -3.60. The van der Waals surface area contributed by atoms with Crippen LogP contribution in [-0.4, -0.2) is 20.6 Å². The molecular formula is C23H15BrCl2N4O5. The molecule has 0 bridgehead atoms. The summed E-state index contributed by atoms with van der Waals surface area (Å²) in [4.78, 5) is 23.5. The van der Waals surface area contributed by atoms with E-state index in [1.165, 1.54) is 28.9 Å². The lowest BCUT2D eigenvalue weighted by atomic mass is 10.2. The highest BCUT2D eigenvalue weighted by molar-refractivity contribution is 9.10. The van der Waals surface area contributed by atoms with Gasteiger partial charge in [-0.15, -0.1) is 0 Å². The topological polar surface area (TPSA) is 109 Å². The van der Waals surface area contributed by atoms with Gasteiger partial charge in [0.2, 0.25) is 0 Å². The monoisotopic (exact) mass is 576 g/mol. The van der Waals surface area contributed by atoms with Crippen LogP contribution in [0.1, 0.15) is 10.5 Å².